The van der Waals surface area contributed by atoms with Crippen molar-refractivity contribution < 1.29 is 23.7 Å². The van der Waals surface area contributed by atoms with Crippen molar-refractivity contribution in [2.75, 3.05) is 33.8 Å². The van der Waals surface area contributed by atoms with E-state index in [1.807, 2.05) is 13.0 Å². The Labute approximate surface area is 141 Å². The fraction of sp³-hybridized carbons (Fsp3) is 0.278. The monoisotopic (exact) mass is 331 g/mol. The van der Waals surface area contributed by atoms with Gasteiger partial charge in [0.1, 0.15) is 0 Å². The minimum atomic E-state index is -0.258. The maximum absolute atomic E-state index is 12.5. The van der Waals surface area contributed by atoms with E-state index in [0.29, 0.717) is 34.2 Å². The topological polar surface area (TPSA) is 66.0 Å². The lowest BCUT2D eigenvalue weighted by Crippen LogP contribution is -2.13. The molecule has 1 N–H and O–H groups in total. The Morgan fingerprint density at radius 1 is 0.792 bits per heavy atom. The molecule has 2 aromatic rings. The normalized spacial score (nSPS) is 10.0. The Balaban J connectivity index is 2.30. The summed E-state index contributed by atoms with van der Waals surface area (Å²) in [6.07, 6.45) is 0. The molecule has 0 atom stereocenters. The third-order valence-electron chi connectivity index (χ3n) is 3.62. The van der Waals surface area contributed by atoms with E-state index in [0.717, 1.165) is 5.56 Å². The van der Waals surface area contributed by atoms with Crippen molar-refractivity contribution in [1.29, 1.82) is 0 Å². The van der Waals surface area contributed by atoms with Crippen LogP contribution in [0, 0.1) is 6.92 Å². The molecule has 2 rings (SSSR count). The van der Waals surface area contributed by atoms with Gasteiger partial charge in [0.2, 0.25) is 0 Å². The molecule has 2 aromatic carbocycles. The van der Waals surface area contributed by atoms with Gasteiger partial charge in [-0.2, -0.15) is 0 Å². The second-order valence-corrected chi connectivity index (χ2v) is 5.05. The molecule has 0 fully saturated rings. The van der Waals surface area contributed by atoms with Crippen LogP contribution in [0.15, 0.2) is 30.3 Å². The largest absolute Gasteiger partial charge is 0.493 e. The quantitative estimate of drug-likeness (QED) is 0.880. The van der Waals surface area contributed by atoms with Gasteiger partial charge in [0, 0.05) is 17.3 Å². The SMILES string of the molecule is COc1ccc(C(=O)Nc2cc(OC)c(OC)cc2C)cc1OC. The summed E-state index contributed by atoms with van der Waals surface area (Å²) in [7, 11) is 6.19. The van der Waals surface area contributed by atoms with Crippen LogP contribution in [0.3, 0.4) is 0 Å². The van der Waals surface area contributed by atoms with Crippen LogP contribution < -0.4 is 24.3 Å². The lowest BCUT2D eigenvalue weighted by molar-refractivity contribution is 0.102. The van der Waals surface area contributed by atoms with E-state index < -0.39 is 0 Å². The molecule has 0 saturated heterocycles. The molecule has 0 aliphatic carbocycles. The minimum Gasteiger partial charge on any atom is -0.493 e. The fourth-order valence-corrected chi connectivity index (χ4v) is 2.29. The van der Waals surface area contributed by atoms with Crippen LogP contribution in [0.5, 0.6) is 23.0 Å². The van der Waals surface area contributed by atoms with E-state index in [1.165, 1.54) is 7.11 Å². The van der Waals surface area contributed by atoms with Crippen LogP contribution in [0.4, 0.5) is 5.69 Å². The molecule has 0 aliphatic heterocycles. The molecular weight excluding hydrogens is 310 g/mol. The third kappa shape index (κ3) is 3.53. The number of amides is 1. The van der Waals surface area contributed by atoms with Gasteiger partial charge in [-0.1, -0.05) is 0 Å². The van der Waals surface area contributed by atoms with Gasteiger partial charge in [0.05, 0.1) is 28.4 Å². The molecule has 1 amide bonds. The molecule has 0 saturated carbocycles. The number of benzene rings is 2. The van der Waals surface area contributed by atoms with E-state index in [1.54, 1.807) is 45.6 Å². The molecule has 24 heavy (non-hydrogen) atoms. The van der Waals surface area contributed by atoms with Gasteiger partial charge in [-0.05, 0) is 36.8 Å². The highest BCUT2D eigenvalue weighted by Gasteiger charge is 2.14. The van der Waals surface area contributed by atoms with Crippen molar-refractivity contribution in [2.45, 2.75) is 6.92 Å². The molecule has 6 heteroatoms. The first-order valence-corrected chi connectivity index (χ1v) is 7.30. The van der Waals surface area contributed by atoms with Crippen LogP contribution >= 0.6 is 0 Å². The van der Waals surface area contributed by atoms with Crippen LogP contribution in [0.25, 0.3) is 0 Å². The van der Waals surface area contributed by atoms with Gasteiger partial charge < -0.3 is 24.3 Å². The summed E-state index contributed by atoms with van der Waals surface area (Å²) < 4.78 is 20.9. The first-order chi connectivity index (χ1) is 11.5. The predicted molar refractivity (Wildman–Crippen MR) is 91.8 cm³/mol. The van der Waals surface area contributed by atoms with E-state index in [9.17, 15) is 4.79 Å². The van der Waals surface area contributed by atoms with Gasteiger partial charge in [0.15, 0.2) is 23.0 Å². The smallest absolute Gasteiger partial charge is 0.255 e. The summed E-state index contributed by atoms with van der Waals surface area (Å²) in [4.78, 5) is 12.5. The number of carbonyl (C=O) groups is 1. The Hall–Kier alpha value is -2.89. The number of carbonyl (C=O) groups excluding carboxylic acids is 1. The zero-order valence-electron chi connectivity index (χ0n) is 14.4. The van der Waals surface area contributed by atoms with Gasteiger partial charge in [0.25, 0.3) is 5.91 Å². The molecule has 0 aromatic heterocycles. The molecule has 0 unspecified atom stereocenters. The molecule has 0 spiro atoms. The van der Waals surface area contributed by atoms with Crippen molar-refractivity contribution in [2.24, 2.45) is 0 Å². The van der Waals surface area contributed by atoms with E-state index in [2.05, 4.69) is 5.32 Å². The summed E-state index contributed by atoms with van der Waals surface area (Å²) in [5, 5.41) is 2.87. The average molecular weight is 331 g/mol. The number of ether oxygens (including phenoxy) is 4. The molecule has 0 aliphatic rings. The van der Waals surface area contributed by atoms with Gasteiger partial charge in [-0.15, -0.1) is 0 Å². The van der Waals surface area contributed by atoms with E-state index >= 15 is 0 Å². The Morgan fingerprint density at radius 2 is 1.33 bits per heavy atom. The number of anilines is 1. The number of methoxy groups -OCH3 is 4. The Kier molecular flexibility index (Phi) is 5.52. The summed E-state index contributed by atoms with van der Waals surface area (Å²) in [6, 6.07) is 8.53. The first-order valence-electron chi connectivity index (χ1n) is 7.30. The van der Waals surface area contributed by atoms with Crippen molar-refractivity contribution in [3.63, 3.8) is 0 Å². The second-order valence-electron chi connectivity index (χ2n) is 5.05. The standard InChI is InChI=1S/C18H21NO5/c1-11-8-15(22-3)17(24-5)10-13(11)19-18(20)12-6-7-14(21-2)16(9-12)23-4/h6-10H,1-5H3,(H,19,20). The summed E-state index contributed by atoms with van der Waals surface area (Å²) in [5.74, 6) is 1.96. The van der Waals surface area contributed by atoms with Gasteiger partial charge in [-0.3, -0.25) is 4.79 Å². The lowest BCUT2D eigenvalue weighted by Gasteiger charge is -2.14. The average Bonchev–Trinajstić information content (AvgIpc) is 2.62. The first kappa shape index (κ1) is 17.5. The maximum atomic E-state index is 12.5. The molecule has 6 nitrogen and oxygen atoms in total. The number of hydrogen-bond donors (Lipinski definition) is 1. The van der Waals surface area contributed by atoms with Crippen LogP contribution in [-0.4, -0.2) is 34.3 Å². The molecule has 0 radical (unpaired) electrons. The highest BCUT2D eigenvalue weighted by Crippen LogP contribution is 2.33. The van der Waals surface area contributed by atoms with Crippen LogP contribution in [-0.2, 0) is 0 Å². The highest BCUT2D eigenvalue weighted by molar-refractivity contribution is 6.05. The molecular formula is C18H21NO5. The van der Waals surface area contributed by atoms with Crippen molar-refractivity contribution in [1.82, 2.24) is 0 Å². The number of nitrogens with one attached hydrogen (secondary N) is 1. The van der Waals surface area contributed by atoms with Crippen molar-refractivity contribution in [3.05, 3.63) is 41.5 Å². The minimum absolute atomic E-state index is 0.258. The molecule has 0 bridgehead atoms. The molecule has 0 heterocycles. The number of hydrogen-bond acceptors (Lipinski definition) is 5. The molecule has 128 valence electrons. The van der Waals surface area contributed by atoms with Crippen molar-refractivity contribution in [3.8, 4) is 23.0 Å². The van der Waals surface area contributed by atoms with Crippen LogP contribution in [0.2, 0.25) is 0 Å². The zero-order valence-corrected chi connectivity index (χ0v) is 14.4. The zero-order chi connectivity index (χ0) is 17.7. The predicted octanol–water partition coefficient (Wildman–Crippen LogP) is 3.28. The van der Waals surface area contributed by atoms with Crippen LogP contribution in [0.1, 0.15) is 15.9 Å². The fourth-order valence-electron chi connectivity index (χ4n) is 2.29. The highest BCUT2D eigenvalue weighted by atomic mass is 16.5. The number of aryl methyl sites for hydroxylation is 1. The third-order valence-corrected chi connectivity index (χ3v) is 3.62. The van der Waals surface area contributed by atoms with Crippen molar-refractivity contribution >= 4 is 11.6 Å². The van der Waals surface area contributed by atoms with E-state index in [4.69, 9.17) is 18.9 Å². The summed E-state index contributed by atoms with van der Waals surface area (Å²) >= 11 is 0. The summed E-state index contributed by atoms with van der Waals surface area (Å²) in [5.41, 5.74) is 1.97. The number of rotatable bonds is 6. The van der Waals surface area contributed by atoms with E-state index in [-0.39, 0.29) is 5.91 Å². The Bertz CT molecular complexity index is 742. The Morgan fingerprint density at radius 3 is 1.92 bits per heavy atom. The summed E-state index contributed by atoms with van der Waals surface area (Å²) in [6.45, 7) is 1.88. The second kappa shape index (κ2) is 7.59. The van der Waals surface area contributed by atoms with Gasteiger partial charge in [-0.25, -0.2) is 0 Å². The van der Waals surface area contributed by atoms with Gasteiger partial charge >= 0.3 is 0 Å². The maximum Gasteiger partial charge on any atom is 0.255 e. The lowest BCUT2D eigenvalue weighted by atomic mass is 10.1.